The maximum atomic E-state index is 12.2. The van der Waals surface area contributed by atoms with Gasteiger partial charge in [-0.1, -0.05) is 0 Å². The normalized spacial score (nSPS) is 23.6. The number of nitrogens with one attached hydrogen (secondary N) is 1. The highest BCUT2D eigenvalue weighted by atomic mass is 16.2. The molecule has 1 aliphatic heterocycles. The molecule has 1 saturated heterocycles. The van der Waals surface area contributed by atoms with Gasteiger partial charge in [0.15, 0.2) is 0 Å². The third-order valence-corrected chi connectivity index (χ3v) is 4.46. The lowest BCUT2D eigenvalue weighted by Gasteiger charge is -2.33. The maximum absolute atomic E-state index is 12.2. The summed E-state index contributed by atoms with van der Waals surface area (Å²) in [6, 6.07) is 0. The fraction of sp³-hybridized carbons (Fsp3) is 0.733. The van der Waals surface area contributed by atoms with Gasteiger partial charge in [0.05, 0.1) is 6.20 Å². The van der Waals surface area contributed by atoms with Crippen LogP contribution < -0.4 is 0 Å². The Morgan fingerprint density at radius 2 is 2.26 bits per heavy atom. The summed E-state index contributed by atoms with van der Waals surface area (Å²) in [5.74, 6) is 1.67. The highest BCUT2D eigenvalue weighted by molar-refractivity contribution is 5.76. The van der Waals surface area contributed by atoms with Crippen molar-refractivity contribution in [3.05, 3.63) is 17.5 Å². The van der Waals surface area contributed by atoms with Crippen LogP contribution in [0.15, 0.2) is 6.20 Å². The van der Waals surface area contributed by atoms with E-state index in [2.05, 4.69) is 22.0 Å². The monoisotopic (exact) mass is 261 g/mol. The summed E-state index contributed by atoms with van der Waals surface area (Å²) < 4.78 is 0. The number of piperidine rings is 1. The summed E-state index contributed by atoms with van der Waals surface area (Å²) in [7, 11) is 0. The number of aromatic amines is 1. The van der Waals surface area contributed by atoms with Crippen LogP contribution in [0, 0.1) is 18.8 Å². The molecule has 1 N–H and O–H groups in total. The van der Waals surface area contributed by atoms with E-state index in [0.717, 1.165) is 32.4 Å². The molecule has 0 aromatic carbocycles. The molecule has 1 aromatic heterocycles. The van der Waals surface area contributed by atoms with Crippen LogP contribution in [-0.2, 0) is 11.2 Å². The van der Waals surface area contributed by atoms with E-state index in [1.165, 1.54) is 30.5 Å². The van der Waals surface area contributed by atoms with Gasteiger partial charge in [-0.05, 0) is 56.4 Å². The van der Waals surface area contributed by atoms with Gasteiger partial charge in [0.2, 0.25) is 5.91 Å². The zero-order chi connectivity index (χ0) is 13.2. The molecule has 2 heterocycles. The molecule has 4 heteroatoms. The minimum absolute atomic E-state index is 0.383. The highest BCUT2D eigenvalue weighted by Crippen LogP contribution is 2.33. The molecule has 0 bridgehead atoms. The number of nitrogens with zero attached hydrogens (tertiary/aromatic N) is 2. The van der Waals surface area contributed by atoms with Crippen molar-refractivity contribution in [2.24, 2.45) is 11.8 Å². The van der Waals surface area contributed by atoms with Gasteiger partial charge in [-0.3, -0.25) is 9.89 Å². The van der Waals surface area contributed by atoms with E-state index in [0.29, 0.717) is 17.7 Å². The molecule has 0 radical (unpaired) electrons. The average molecular weight is 261 g/mol. The van der Waals surface area contributed by atoms with E-state index in [1.54, 1.807) is 0 Å². The van der Waals surface area contributed by atoms with Crippen molar-refractivity contribution in [1.82, 2.24) is 15.1 Å². The minimum atomic E-state index is 0.383. The number of aromatic nitrogens is 2. The summed E-state index contributed by atoms with van der Waals surface area (Å²) in [4.78, 5) is 14.3. The Bertz CT molecular complexity index is 450. The van der Waals surface area contributed by atoms with Gasteiger partial charge in [-0.2, -0.15) is 5.10 Å². The molecule has 2 aliphatic rings. The molecule has 1 aromatic rings. The van der Waals surface area contributed by atoms with Crippen molar-refractivity contribution >= 4 is 5.91 Å². The van der Waals surface area contributed by atoms with Crippen LogP contribution in [0.2, 0.25) is 0 Å². The third kappa shape index (κ3) is 3.17. The quantitative estimate of drug-likeness (QED) is 0.904. The lowest BCUT2D eigenvalue weighted by molar-refractivity contribution is -0.133. The smallest absolute Gasteiger partial charge is 0.222 e. The van der Waals surface area contributed by atoms with Crippen LogP contribution in [0.4, 0.5) is 0 Å². The van der Waals surface area contributed by atoms with Crippen molar-refractivity contribution in [2.45, 2.75) is 45.4 Å². The van der Waals surface area contributed by atoms with Crippen LogP contribution in [0.5, 0.6) is 0 Å². The Hall–Kier alpha value is -1.32. The second-order valence-electron chi connectivity index (χ2n) is 6.23. The molecule has 3 rings (SSSR count). The summed E-state index contributed by atoms with van der Waals surface area (Å²) in [6.45, 7) is 3.99. The second kappa shape index (κ2) is 5.35. The van der Waals surface area contributed by atoms with Crippen molar-refractivity contribution in [3.8, 4) is 0 Å². The lowest BCUT2D eigenvalue weighted by atomic mass is 9.92. The van der Waals surface area contributed by atoms with Crippen molar-refractivity contribution in [1.29, 1.82) is 0 Å². The molecule has 0 spiro atoms. The summed E-state index contributed by atoms with van der Waals surface area (Å²) in [6.07, 6.45) is 8.59. The molecule has 1 amide bonds. The number of likely N-dealkylation sites (tertiary alicyclic amines) is 1. The van der Waals surface area contributed by atoms with Gasteiger partial charge >= 0.3 is 0 Å². The first-order valence-corrected chi connectivity index (χ1v) is 7.49. The number of carbonyl (C=O) groups excluding carboxylic acids is 1. The topological polar surface area (TPSA) is 49.0 Å². The molecule has 19 heavy (non-hydrogen) atoms. The average Bonchev–Trinajstić information content (AvgIpc) is 3.13. The SMILES string of the molecule is Cc1cn[nH]c1C[C@H]1CCCN(C(=O)CC2CC2)C1. The zero-order valence-corrected chi connectivity index (χ0v) is 11.7. The maximum Gasteiger partial charge on any atom is 0.222 e. The van der Waals surface area contributed by atoms with Crippen LogP contribution in [0.3, 0.4) is 0 Å². The zero-order valence-electron chi connectivity index (χ0n) is 11.7. The fourth-order valence-electron chi connectivity index (χ4n) is 3.02. The van der Waals surface area contributed by atoms with Crippen LogP contribution in [-0.4, -0.2) is 34.1 Å². The Labute approximate surface area is 114 Å². The summed E-state index contributed by atoms with van der Waals surface area (Å²) in [5, 5.41) is 7.17. The highest BCUT2D eigenvalue weighted by Gasteiger charge is 2.29. The van der Waals surface area contributed by atoms with Gasteiger partial charge in [0.1, 0.15) is 0 Å². The number of rotatable bonds is 4. The molecule has 1 aliphatic carbocycles. The van der Waals surface area contributed by atoms with E-state index in [9.17, 15) is 4.79 Å². The summed E-state index contributed by atoms with van der Waals surface area (Å²) in [5.41, 5.74) is 2.47. The standard InChI is InChI=1S/C15H23N3O/c1-11-9-16-17-14(11)7-13-3-2-6-18(10-13)15(19)8-12-4-5-12/h9,12-13H,2-8,10H2,1H3,(H,16,17)/t13-/m1/s1. The van der Waals surface area contributed by atoms with Gasteiger partial charge in [0.25, 0.3) is 0 Å². The molecule has 2 fully saturated rings. The summed E-state index contributed by atoms with van der Waals surface area (Å²) >= 11 is 0. The molecular weight excluding hydrogens is 238 g/mol. The van der Waals surface area contributed by atoms with Gasteiger partial charge in [0, 0.05) is 25.2 Å². The molecule has 1 saturated carbocycles. The van der Waals surface area contributed by atoms with Gasteiger partial charge in [-0.15, -0.1) is 0 Å². The number of hydrogen-bond acceptors (Lipinski definition) is 2. The Balaban J connectivity index is 1.55. The number of H-pyrrole nitrogens is 1. The number of carbonyl (C=O) groups is 1. The Morgan fingerprint density at radius 1 is 1.42 bits per heavy atom. The van der Waals surface area contributed by atoms with E-state index in [4.69, 9.17) is 0 Å². The third-order valence-electron chi connectivity index (χ3n) is 4.46. The lowest BCUT2D eigenvalue weighted by Crippen LogP contribution is -2.40. The molecule has 4 nitrogen and oxygen atoms in total. The second-order valence-corrected chi connectivity index (χ2v) is 6.23. The molecule has 1 atom stereocenters. The number of hydrogen-bond donors (Lipinski definition) is 1. The van der Waals surface area contributed by atoms with Crippen LogP contribution >= 0.6 is 0 Å². The number of amides is 1. The van der Waals surface area contributed by atoms with E-state index >= 15 is 0 Å². The predicted octanol–water partition coefficient (Wildman–Crippen LogP) is 2.30. The van der Waals surface area contributed by atoms with Gasteiger partial charge in [-0.25, -0.2) is 0 Å². The molecule has 104 valence electrons. The molecular formula is C15H23N3O. The first-order chi connectivity index (χ1) is 9.22. The first-order valence-electron chi connectivity index (χ1n) is 7.49. The van der Waals surface area contributed by atoms with Crippen LogP contribution in [0.25, 0.3) is 0 Å². The van der Waals surface area contributed by atoms with Crippen LogP contribution in [0.1, 0.15) is 43.4 Å². The van der Waals surface area contributed by atoms with E-state index < -0.39 is 0 Å². The van der Waals surface area contributed by atoms with Crippen molar-refractivity contribution < 1.29 is 4.79 Å². The minimum Gasteiger partial charge on any atom is -0.342 e. The first kappa shape index (κ1) is 12.7. The largest absolute Gasteiger partial charge is 0.342 e. The van der Waals surface area contributed by atoms with E-state index in [-0.39, 0.29) is 0 Å². The fourth-order valence-corrected chi connectivity index (χ4v) is 3.02. The van der Waals surface area contributed by atoms with Crippen molar-refractivity contribution in [2.75, 3.05) is 13.1 Å². The van der Waals surface area contributed by atoms with E-state index in [1.807, 2.05) is 6.20 Å². The van der Waals surface area contributed by atoms with Gasteiger partial charge < -0.3 is 4.90 Å². The van der Waals surface area contributed by atoms with Crippen molar-refractivity contribution in [3.63, 3.8) is 0 Å². The number of aryl methyl sites for hydroxylation is 1. The Morgan fingerprint density at radius 3 is 2.95 bits per heavy atom. The predicted molar refractivity (Wildman–Crippen MR) is 73.7 cm³/mol. The Kier molecular flexibility index (Phi) is 3.58. The molecule has 0 unspecified atom stereocenters.